The highest BCUT2D eigenvalue weighted by Crippen LogP contribution is 2.41. The van der Waals surface area contributed by atoms with Gasteiger partial charge >= 0.3 is 6.18 Å². The molecule has 2 saturated heterocycles. The van der Waals surface area contributed by atoms with Gasteiger partial charge in [0.15, 0.2) is 0 Å². The summed E-state index contributed by atoms with van der Waals surface area (Å²) >= 11 is 6.36. The number of likely N-dealkylation sites (tertiary alicyclic amines) is 1. The molecule has 3 rings (SSSR count). The van der Waals surface area contributed by atoms with Gasteiger partial charge in [-0.1, -0.05) is 11.6 Å². The van der Waals surface area contributed by atoms with Crippen molar-refractivity contribution in [1.82, 2.24) is 9.80 Å². The van der Waals surface area contributed by atoms with Crippen molar-refractivity contribution in [3.05, 3.63) is 28.8 Å². The summed E-state index contributed by atoms with van der Waals surface area (Å²) in [5.74, 6) is -0.0295. The third-order valence-electron chi connectivity index (χ3n) is 7.23. The number of hydrogen-bond donors (Lipinski definition) is 0. The summed E-state index contributed by atoms with van der Waals surface area (Å²) in [6.07, 6.45) is -1.07. The molecular formula is C24H33ClF3N3O2. The second kappa shape index (κ2) is 9.72. The van der Waals surface area contributed by atoms with Gasteiger partial charge in [0.2, 0.25) is 5.91 Å². The van der Waals surface area contributed by atoms with Crippen LogP contribution in [-0.2, 0) is 4.79 Å². The molecule has 0 aromatic heterocycles. The maximum absolute atomic E-state index is 13.2. The number of alkyl halides is 3. The Morgan fingerprint density at radius 3 is 1.94 bits per heavy atom. The summed E-state index contributed by atoms with van der Waals surface area (Å²) < 4.78 is 39.7. The van der Waals surface area contributed by atoms with E-state index in [0.29, 0.717) is 35.5 Å². The molecule has 0 saturated carbocycles. The molecule has 0 unspecified atom stereocenters. The minimum Gasteiger partial charge on any atom is -0.371 e. The van der Waals surface area contributed by atoms with Gasteiger partial charge in [0, 0.05) is 46.0 Å². The van der Waals surface area contributed by atoms with E-state index in [0.717, 1.165) is 58.3 Å². The van der Waals surface area contributed by atoms with Crippen LogP contribution in [-0.4, -0.2) is 68.1 Å². The summed E-state index contributed by atoms with van der Waals surface area (Å²) in [6, 6.07) is 5.53. The molecule has 5 nitrogen and oxygen atoms in total. The van der Waals surface area contributed by atoms with E-state index in [4.69, 9.17) is 11.6 Å². The summed E-state index contributed by atoms with van der Waals surface area (Å²) in [5.41, 5.74) is -0.877. The van der Waals surface area contributed by atoms with Gasteiger partial charge in [-0.05, 0) is 69.6 Å². The summed E-state index contributed by atoms with van der Waals surface area (Å²) in [5, 5.41) is 0.437. The number of rotatable bonds is 4. The first kappa shape index (κ1) is 25.7. The maximum atomic E-state index is 13.2. The van der Waals surface area contributed by atoms with Gasteiger partial charge in [0.25, 0.3) is 5.91 Å². The van der Waals surface area contributed by atoms with E-state index in [1.165, 1.54) is 9.80 Å². The fourth-order valence-electron chi connectivity index (χ4n) is 4.83. The average Bonchev–Trinajstić information content (AvgIpc) is 2.77. The highest BCUT2D eigenvalue weighted by molar-refractivity contribution is 6.34. The molecule has 0 atom stereocenters. The van der Waals surface area contributed by atoms with Gasteiger partial charge in [-0.25, -0.2) is 0 Å². The van der Waals surface area contributed by atoms with Gasteiger partial charge in [-0.2, -0.15) is 13.2 Å². The Kier molecular flexibility index (Phi) is 7.56. The summed E-state index contributed by atoms with van der Waals surface area (Å²) in [7, 11) is 3.38. The Morgan fingerprint density at radius 1 is 0.970 bits per heavy atom. The number of benzene rings is 1. The first-order valence-corrected chi connectivity index (χ1v) is 11.8. The van der Waals surface area contributed by atoms with Crippen molar-refractivity contribution in [2.24, 2.45) is 17.3 Å². The van der Waals surface area contributed by atoms with E-state index in [2.05, 4.69) is 4.90 Å². The molecule has 1 aromatic rings. The number of carbonyl (C=O) groups is 2. The average molecular weight is 488 g/mol. The van der Waals surface area contributed by atoms with E-state index >= 15 is 0 Å². The van der Waals surface area contributed by atoms with Crippen LogP contribution in [0.3, 0.4) is 0 Å². The van der Waals surface area contributed by atoms with Gasteiger partial charge in [-0.15, -0.1) is 0 Å². The number of hydrogen-bond acceptors (Lipinski definition) is 3. The number of halogens is 4. The minimum atomic E-state index is -4.55. The number of amides is 2. The Labute approximate surface area is 198 Å². The second-order valence-corrected chi connectivity index (χ2v) is 10.3. The van der Waals surface area contributed by atoms with E-state index < -0.39 is 17.5 Å². The Bertz CT molecular complexity index is 872. The molecule has 33 heavy (non-hydrogen) atoms. The normalized spacial score (nSPS) is 19.0. The lowest BCUT2D eigenvalue weighted by molar-refractivity contribution is -0.217. The van der Waals surface area contributed by atoms with E-state index in [9.17, 15) is 22.8 Å². The van der Waals surface area contributed by atoms with Crippen LogP contribution in [0.25, 0.3) is 0 Å². The molecule has 1 aromatic carbocycles. The summed E-state index contributed by atoms with van der Waals surface area (Å²) in [4.78, 5) is 29.8. The fourth-order valence-corrected chi connectivity index (χ4v) is 5.09. The predicted molar refractivity (Wildman–Crippen MR) is 124 cm³/mol. The van der Waals surface area contributed by atoms with Crippen LogP contribution in [0.4, 0.5) is 18.9 Å². The van der Waals surface area contributed by atoms with Crippen LogP contribution < -0.4 is 4.90 Å². The van der Waals surface area contributed by atoms with Crippen molar-refractivity contribution >= 4 is 29.1 Å². The molecule has 0 radical (unpaired) electrons. The number of carbonyl (C=O) groups excluding carboxylic acids is 2. The third kappa shape index (κ3) is 5.42. The lowest BCUT2D eigenvalue weighted by Crippen LogP contribution is -2.51. The molecule has 2 fully saturated rings. The Balaban J connectivity index is 1.53. The molecule has 2 aliphatic heterocycles. The van der Waals surface area contributed by atoms with Crippen LogP contribution in [0, 0.1) is 17.3 Å². The predicted octanol–water partition coefficient (Wildman–Crippen LogP) is 5.09. The second-order valence-electron chi connectivity index (χ2n) is 9.94. The van der Waals surface area contributed by atoms with Gasteiger partial charge in [-0.3, -0.25) is 9.59 Å². The van der Waals surface area contributed by atoms with Crippen LogP contribution in [0.15, 0.2) is 18.2 Å². The molecule has 0 spiro atoms. The molecule has 2 aliphatic rings. The van der Waals surface area contributed by atoms with Crippen LogP contribution in [0.1, 0.15) is 49.9 Å². The standard InChI is InChI=1S/C24H33ClF3N3O2/c1-23(2,24(26,27)28)22(33)31-13-9-17(10-14-31)16-7-11-30(12-8-16)18-5-6-19(20(25)15-18)21(32)29(3)4/h5-6,15-17H,7-14H2,1-4H3. The SMILES string of the molecule is CN(C)C(=O)c1ccc(N2CCC(C3CCN(C(=O)C(C)(C)C(F)(F)F)CC3)CC2)cc1Cl. The van der Waals surface area contributed by atoms with Gasteiger partial charge < -0.3 is 14.7 Å². The van der Waals surface area contributed by atoms with Crippen molar-refractivity contribution in [1.29, 1.82) is 0 Å². The molecule has 0 bridgehead atoms. The monoisotopic (exact) mass is 487 g/mol. The minimum absolute atomic E-state index is 0.131. The smallest absolute Gasteiger partial charge is 0.371 e. The Morgan fingerprint density at radius 2 is 1.48 bits per heavy atom. The number of nitrogens with zero attached hydrogens (tertiary/aromatic N) is 3. The van der Waals surface area contributed by atoms with E-state index in [-0.39, 0.29) is 5.91 Å². The van der Waals surface area contributed by atoms with E-state index in [1.807, 2.05) is 12.1 Å². The fraction of sp³-hybridized carbons (Fsp3) is 0.667. The lowest BCUT2D eigenvalue weighted by Gasteiger charge is -2.42. The topological polar surface area (TPSA) is 43.9 Å². The number of piperidine rings is 2. The molecular weight excluding hydrogens is 455 g/mol. The largest absolute Gasteiger partial charge is 0.402 e. The zero-order valence-corrected chi connectivity index (χ0v) is 20.5. The van der Waals surface area contributed by atoms with Gasteiger partial charge in [0.1, 0.15) is 5.41 Å². The van der Waals surface area contributed by atoms with Crippen LogP contribution in [0.5, 0.6) is 0 Å². The zero-order valence-electron chi connectivity index (χ0n) is 19.7. The lowest BCUT2D eigenvalue weighted by atomic mass is 9.78. The molecule has 0 N–H and O–H groups in total. The molecule has 184 valence electrons. The highest BCUT2D eigenvalue weighted by atomic mass is 35.5. The third-order valence-corrected chi connectivity index (χ3v) is 7.54. The quantitative estimate of drug-likeness (QED) is 0.594. The highest BCUT2D eigenvalue weighted by Gasteiger charge is 2.54. The van der Waals surface area contributed by atoms with Crippen LogP contribution in [0.2, 0.25) is 5.02 Å². The zero-order chi connectivity index (χ0) is 24.6. The van der Waals surface area contributed by atoms with Crippen LogP contribution >= 0.6 is 11.6 Å². The molecule has 0 aliphatic carbocycles. The maximum Gasteiger partial charge on any atom is 0.402 e. The first-order valence-electron chi connectivity index (χ1n) is 11.4. The Hall–Kier alpha value is -1.96. The van der Waals surface area contributed by atoms with Crippen molar-refractivity contribution in [3.63, 3.8) is 0 Å². The molecule has 9 heteroatoms. The van der Waals surface area contributed by atoms with Crippen molar-refractivity contribution in [2.75, 3.05) is 45.2 Å². The summed E-state index contributed by atoms with van der Waals surface area (Å²) in [6.45, 7) is 4.43. The molecule has 2 heterocycles. The van der Waals surface area contributed by atoms with Gasteiger partial charge in [0.05, 0.1) is 10.6 Å². The van der Waals surface area contributed by atoms with E-state index in [1.54, 1.807) is 20.2 Å². The van der Waals surface area contributed by atoms with Crippen molar-refractivity contribution in [3.8, 4) is 0 Å². The molecule has 2 amide bonds. The van der Waals surface area contributed by atoms with Crippen molar-refractivity contribution < 1.29 is 22.8 Å². The van der Waals surface area contributed by atoms with Crippen molar-refractivity contribution in [2.45, 2.75) is 45.7 Å². The number of anilines is 1. The first-order chi connectivity index (χ1) is 15.3.